The summed E-state index contributed by atoms with van der Waals surface area (Å²) in [5.74, 6) is 0.897. The first kappa shape index (κ1) is 20.0. The van der Waals surface area contributed by atoms with E-state index in [0.29, 0.717) is 12.4 Å². The maximum absolute atomic E-state index is 11.4. The topological polar surface area (TPSA) is 104 Å². The van der Waals surface area contributed by atoms with Gasteiger partial charge in [0.1, 0.15) is 18.1 Å². The lowest BCUT2D eigenvalue weighted by Crippen LogP contribution is -2.00. The number of fused-ring (bicyclic) bond motifs is 1. The van der Waals surface area contributed by atoms with Crippen molar-refractivity contribution in [2.45, 2.75) is 23.3 Å². The third-order valence-corrected chi connectivity index (χ3v) is 5.99. The second-order valence-corrected chi connectivity index (χ2v) is 8.33. The van der Waals surface area contributed by atoms with Crippen LogP contribution in [-0.4, -0.2) is 20.1 Å². The van der Waals surface area contributed by atoms with Crippen molar-refractivity contribution in [1.82, 2.24) is 15.0 Å². The van der Waals surface area contributed by atoms with E-state index in [2.05, 4.69) is 21.0 Å². The Morgan fingerprint density at radius 2 is 1.91 bits per heavy atom. The molecule has 0 atom stereocenters. The lowest BCUT2D eigenvalue weighted by atomic mass is 10.1. The average Bonchev–Trinajstić information content (AvgIpc) is 3.37. The zero-order valence-electron chi connectivity index (χ0n) is 17.1. The van der Waals surface area contributed by atoms with Crippen LogP contribution in [0, 0.1) is 6.92 Å². The lowest BCUT2D eigenvalue weighted by molar-refractivity contribution is 0.307. The Labute approximate surface area is 187 Å². The summed E-state index contributed by atoms with van der Waals surface area (Å²) in [6.45, 7) is 2.43. The molecule has 5 rings (SSSR count). The van der Waals surface area contributed by atoms with Crippen LogP contribution in [0.2, 0.25) is 0 Å². The van der Waals surface area contributed by atoms with E-state index in [1.165, 1.54) is 18.0 Å². The summed E-state index contributed by atoms with van der Waals surface area (Å²) in [5, 5.41) is 11.0. The molecule has 32 heavy (non-hydrogen) atoms. The second-order valence-electron chi connectivity index (χ2n) is 7.22. The number of nitrogens with zero attached hydrogens (tertiary/aromatic N) is 1. The Kier molecular flexibility index (Phi) is 5.20. The minimum Gasteiger partial charge on any atom is -0.493 e. The first-order valence-corrected chi connectivity index (χ1v) is 10.7. The molecular weight excluding hydrogens is 426 g/mol. The van der Waals surface area contributed by atoms with Gasteiger partial charge >= 0.3 is 5.69 Å². The second kappa shape index (κ2) is 8.32. The van der Waals surface area contributed by atoms with Crippen LogP contribution in [-0.2, 0) is 6.61 Å². The summed E-state index contributed by atoms with van der Waals surface area (Å²) < 4.78 is 11.5. The highest BCUT2D eigenvalue weighted by atomic mass is 32.2. The predicted octanol–water partition coefficient (Wildman–Crippen LogP) is 5.26. The molecule has 8 heteroatoms. The summed E-state index contributed by atoms with van der Waals surface area (Å²) in [5.41, 5.74) is 2.74. The number of furan rings is 1. The first-order chi connectivity index (χ1) is 15.6. The van der Waals surface area contributed by atoms with Crippen molar-refractivity contribution >= 4 is 22.7 Å². The van der Waals surface area contributed by atoms with Gasteiger partial charge in [0.15, 0.2) is 5.76 Å². The molecule has 0 radical (unpaired) electrons. The Bertz CT molecular complexity index is 1450. The van der Waals surface area contributed by atoms with Gasteiger partial charge < -0.3 is 14.3 Å². The molecule has 0 unspecified atom stereocenters. The van der Waals surface area contributed by atoms with E-state index in [9.17, 15) is 9.90 Å². The number of hydrogen-bond donors (Lipinski definition) is 3. The number of hydrogen-bond acceptors (Lipinski definition) is 6. The molecule has 3 heterocycles. The van der Waals surface area contributed by atoms with Crippen molar-refractivity contribution in [1.29, 1.82) is 0 Å². The van der Waals surface area contributed by atoms with Crippen molar-refractivity contribution in [3.05, 3.63) is 88.7 Å². The fraction of sp³-hybridized carbons (Fsp3) is 0.0833. The highest BCUT2D eigenvalue weighted by Gasteiger charge is 2.17. The molecule has 0 spiro atoms. The highest BCUT2D eigenvalue weighted by molar-refractivity contribution is 7.99. The van der Waals surface area contributed by atoms with Gasteiger partial charge in [0.25, 0.3) is 0 Å². The van der Waals surface area contributed by atoms with E-state index in [-0.39, 0.29) is 11.6 Å². The lowest BCUT2D eigenvalue weighted by Gasteiger charge is -2.10. The molecule has 0 saturated heterocycles. The minimum atomic E-state index is -0.497. The molecule has 0 bridgehead atoms. The van der Waals surface area contributed by atoms with Crippen LogP contribution < -0.4 is 10.4 Å². The number of H-pyrrole nitrogens is 2. The van der Waals surface area contributed by atoms with Crippen LogP contribution >= 0.6 is 11.8 Å². The number of para-hydroxylation sites is 1. The first-order valence-electron chi connectivity index (χ1n) is 9.92. The number of aromatic hydroxyl groups is 1. The predicted molar refractivity (Wildman–Crippen MR) is 122 cm³/mol. The van der Waals surface area contributed by atoms with Gasteiger partial charge in [-0.1, -0.05) is 30.0 Å². The zero-order valence-corrected chi connectivity index (χ0v) is 17.9. The SMILES string of the molecule is Cc1cc(COc2ccc(Sc3ccoc3-c3[nH]c(=O)[nH]c3O)cc2)c2ccccc2n1. The van der Waals surface area contributed by atoms with Crippen molar-refractivity contribution in [3.63, 3.8) is 0 Å². The van der Waals surface area contributed by atoms with Crippen LogP contribution in [0.5, 0.6) is 11.6 Å². The zero-order chi connectivity index (χ0) is 22.1. The van der Waals surface area contributed by atoms with Crippen LogP contribution in [0.1, 0.15) is 11.3 Å². The van der Waals surface area contributed by atoms with E-state index in [0.717, 1.165) is 37.7 Å². The summed E-state index contributed by atoms with van der Waals surface area (Å²) in [7, 11) is 0. The number of aromatic nitrogens is 3. The number of ether oxygens (including phenoxy) is 1. The summed E-state index contributed by atoms with van der Waals surface area (Å²) in [4.78, 5) is 22.6. The molecule has 3 N–H and O–H groups in total. The number of aryl methyl sites for hydroxylation is 1. The number of nitrogens with one attached hydrogen (secondary N) is 2. The largest absolute Gasteiger partial charge is 0.493 e. The number of imidazole rings is 1. The standard InChI is InChI=1S/C24H19N3O4S/c1-14-12-15(18-4-2-3-5-19(18)25-14)13-31-16-6-8-17(9-7-16)32-20-10-11-30-22(20)21-23(28)27-24(29)26-21/h2-12,28H,13H2,1H3,(H2,26,27,29). The molecule has 0 fully saturated rings. The Morgan fingerprint density at radius 1 is 1.09 bits per heavy atom. The highest BCUT2D eigenvalue weighted by Crippen LogP contribution is 2.38. The number of rotatable bonds is 6. The van der Waals surface area contributed by atoms with Gasteiger partial charge in [0, 0.05) is 21.5 Å². The van der Waals surface area contributed by atoms with Gasteiger partial charge in [0.05, 0.1) is 16.7 Å². The van der Waals surface area contributed by atoms with Gasteiger partial charge in [-0.25, -0.2) is 4.79 Å². The van der Waals surface area contributed by atoms with E-state index < -0.39 is 5.69 Å². The quantitative estimate of drug-likeness (QED) is 0.330. The molecular formula is C24H19N3O4S. The summed E-state index contributed by atoms with van der Waals surface area (Å²) in [6.07, 6.45) is 1.51. The molecule has 5 aromatic rings. The fourth-order valence-electron chi connectivity index (χ4n) is 3.50. The maximum atomic E-state index is 11.4. The van der Waals surface area contributed by atoms with Gasteiger partial charge in [-0.2, -0.15) is 0 Å². The Balaban J connectivity index is 1.31. The number of pyridine rings is 1. The molecule has 3 aromatic heterocycles. The molecule has 0 amide bonds. The molecule has 0 saturated carbocycles. The monoisotopic (exact) mass is 445 g/mol. The molecule has 0 aliphatic carbocycles. The van der Waals surface area contributed by atoms with Crippen LogP contribution in [0.25, 0.3) is 22.4 Å². The molecule has 160 valence electrons. The summed E-state index contributed by atoms with van der Waals surface area (Å²) in [6, 6.07) is 19.6. The average molecular weight is 446 g/mol. The molecule has 0 aliphatic rings. The van der Waals surface area contributed by atoms with Crippen molar-refractivity contribution in [2.24, 2.45) is 0 Å². The van der Waals surface area contributed by atoms with Gasteiger partial charge in [-0.05, 0) is 49.4 Å². The van der Waals surface area contributed by atoms with Gasteiger partial charge in [-0.15, -0.1) is 0 Å². The van der Waals surface area contributed by atoms with Crippen molar-refractivity contribution in [3.8, 4) is 23.1 Å². The smallest absolute Gasteiger partial charge is 0.326 e. The van der Waals surface area contributed by atoms with E-state index in [1.807, 2.05) is 55.5 Å². The molecule has 2 aromatic carbocycles. The van der Waals surface area contributed by atoms with Crippen LogP contribution in [0.15, 0.2) is 85.9 Å². The maximum Gasteiger partial charge on any atom is 0.326 e. The normalized spacial score (nSPS) is 11.2. The van der Waals surface area contributed by atoms with Crippen LogP contribution in [0.3, 0.4) is 0 Å². The van der Waals surface area contributed by atoms with Gasteiger partial charge in [0.2, 0.25) is 5.88 Å². The molecule has 0 aliphatic heterocycles. The van der Waals surface area contributed by atoms with E-state index >= 15 is 0 Å². The van der Waals surface area contributed by atoms with E-state index in [4.69, 9.17) is 9.15 Å². The Morgan fingerprint density at radius 3 is 2.69 bits per heavy atom. The van der Waals surface area contributed by atoms with Crippen molar-refractivity contribution in [2.75, 3.05) is 0 Å². The minimum absolute atomic E-state index is 0.224. The number of benzene rings is 2. The van der Waals surface area contributed by atoms with Crippen LogP contribution in [0.4, 0.5) is 0 Å². The third kappa shape index (κ3) is 4.00. The van der Waals surface area contributed by atoms with Gasteiger partial charge in [-0.3, -0.25) is 15.0 Å². The third-order valence-electron chi connectivity index (χ3n) is 4.94. The number of aromatic amines is 2. The summed E-state index contributed by atoms with van der Waals surface area (Å²) >= 11 is 1.46. The van der Waals surface area contributed by atoms with Crippen molar-refractivity contribution < 1.29 is 14.3 Å². The Hall–Kier alpha value is -3.91. The fourth-order valence-corrected chi connectivity index (χ4v) is 4.40. The molecule has 7 nitrogen and oxygen atoms in total. The van der Waals surface area contributed by atoms with E-state index in [1.54, 1.807) is 6.07 Å².